The average molecular weight is 234 g/mol. The molecule has 1 rings (SSSR count). The summed E-state index contributed by atoms with van der Waals surface area (Å²) in [5.41, 5.74) is -0.642. The highest BCUT2D eigenvalue weighted by Gasteiger charge is 2.30. The van der Waals surface area contributed by atoms with Crippen LogP contribution in [-0.2, 0) is 11.3 Å². The predicted octanol–water partition coefficient (Wildman–Crippen LogP) is 2.33. The second kappa shape index (κ2) is 4.96. The molecule has 0 aliphatic heterocycles. The van der Waals surface area contributed by atoms with Gasteiger partial charge in [0.05, 0.1) is 6.07 Å². The van der Waals surface area contributed by atoms with Crippen LogP contribution in [-0.4, -0.2) is 17.9 Å². The first-order chi connectivity index (χ1) is 7.88. The molecule has 0 aromatic heterocycles. The third-order valence-electron chi connectivity index (χ3n) is 2.53. The van der Waals surface area contributed by atoms with Gasteiger partial charge in [-0.15, -0.1) is 0 Å². The van der Waals surface area contributed by atoms with Crippen molar-refractivity contribution in [2.75, 3.05) is 7.05 Å². The fourth-order valence-electron chi connectivity index (χ4n) is 1.48. The topological polar surface area (TPSA) is 44.1 Å². The second-order valence-corrected chi connectivity index (χ2v) is 4.49. The highest BCUT2D eigenvalue weighted by atomic mass is 19.1. The molecular formula is C13H15FN2O. The minimum Gasteiger partial charge on any atom is -0.340 e. The van der Waals surface area contributed by atoms with Gasteiger partial charge in [-0.25, -0.2) is 4.39 Å². The normalized spacial score (nSPS) is 10.8. The first-order valence-electron chi connectivity index (χ1n) is 5.28. The van der Waals surface area contributed by atoms with E-state index < -0.39 is 5.41 Å². The highest BCUT2D eigenvalue weighted by Crippen LogP contribution is 2.18. The zero-order valence-electron chi connectivity index (χ0n) is 10.2. The first-order valence-corrected chi connectivity index (χ1v) is 5.28. The minimum atomic E-state index is -1.08. The van der Waals surface area contributed by atoms with Crippen LogP contribution < -0.4 is 0 Å². The lowest BCUT2D eigenvalue weighted by atomic mass is 9.94. The minimum absolute atomic E-state index is 0.163. The smallest absolute Gasteiger partial charge is 0.242 e. The van der Waals surface area contributed by atoms with Crippen molar-refractivity contribution in [1.29, 1.82) is 5.26 Å². The standard InChI is InChI=1S/C13H15FN2O/c1-13(2,9-15)12(17)16(3)8-10-6-4-5-7-11(10)14/h4-7H,8H2,1-3H3. The molecule has 0 bridgehead atoms. The molecule has 0 saturated carbocycles. The van der Waals surface area contributed by atoms with Gasteiger partial charge in [0.15, 0.2) is 0 Å². The fourth-order valence-corrected chi connectivity index (χ4v) is 1.48. The third kappa shape index (κ3) is 3.04. The van der Waals surface area contributed by atoms with Crippen LogP contribution >= 0.6 is 0 Å². The summed E-state index contributed by atoms with van der Waals surface area (Å²) in [5.74, 6) is -0.662. The van der Waals surface area contributed by atoms with Crippen molar-refractivity contribution in [3.63, 3.8) is 0 Å². The zero-order valence-corrected chi connectivity index (χ0v) is 10.2. The van der Waals surface area contributed by atoms with Gasteiger partial charge < -0.3 is 4.90 Å². The van der Waals surface area contributed by atoms with Crippen molar-refractivity contribution < 1.29 is 9.18 Å². The summed E-state index contributed by atoms with van der Waals surface area (Å²) in [6.07, 6.45) is 0. The molecule has 1 aromatic rings. The second-order valence-electron chi connectivity index (χ2n) is 4.49. The van der Waals surface area contributed by atoms with E-state index >= 15 is 0 Å². The lowest BCUT2D eigenvalue weighted by Gasteiger charge is -2.24. The first kappa shape index (κ1) is 13.2. The molecule has 0 heterocycles. The van der Waals surface area contributed by atoms with Crippen molar-refractivity contribution >= 4 is 5.91 Å². The van der Waals surface area contributed by atoms with Crippen LogP contribution in [0, 0.1) is 22.6 Å². The average Bonchev–Trinajstić information content (AvgIpc) is 2.31. The van der Waals surface area contributed by atoms with Crippen LogP contribution in [0.3, 0.4) is 0 Å². The van der Waals surface area contributed by atoms with Gasteiger partial charge in [0.25, 0.3) is 0 Å². The summed E-state index contributed by atoms with van der Waals surface area (Å²) in [5, 5.41) is 8.86. The maximum atomic E-state index is 13.4. The van der Waals surface area contributed by atoms with E-state index in [1.807, 2.05) is 6.07 Å². The number of amides is 1. The van der Waals surface area contributed by atoms with Crippen LogP contribution in [0.4, 0.5) is 4.39 Å². The molecule has 0 radical (unpaired) electrons. The summed E-state index contributed by atoms with van der Waals surface area (Å²) in [6, 6.07) is 8.22. The summed E-state index contributed by atoms with van der Waals surface area (Å²) in [6.45, 7) is 3.26. The Balaban J connectivity index is 2.81. The van der Waals surface area contributed by atoms with Crippen molar-refractivity contribution in [2.45, 2.75) is 20.4 Å². The number of rotatable bonds is 3. The van der Waals surface area contributed by atoms with Crippen LogP contribution in [0.2, 0.25) is 0 Å². The molecule has 17 heavy (non-hydrogen) atoms. The Morgan fingerprint density at radius 3 is 2.59 bits per heavy atom. The molecule has 0 aliphatic rings. The summed E-state index contributed by atoms with van der Waals surface area (Å²) >= 11 is 0. The zero-order chi connectivity index (χ0) is 13.1. The molecule has 0 saturated heterocycles. The van der Waals surface area contributed by atoms with Crippen molar-refractivity contribution in [3.8, 4) is 6.07 Å². The number of carbonyl (C=O) groups is 1. The number of hydrogen-bond donors (Lipinski definition) is 0. The molecule has 0 fully saturated rings. The summed E-state index contributed by atoms with van der Waals surface area (Å²) in [7, 11) is 1.56. The van der Waals surface area contributed by atoms with Crippen molar-refractivity contribution in [2.24, 2.45) is 5.41 Å². The van der Waals surface area contributed by atoms with E-state index in [1.165, 1.54) is 11.0 Å². The number of nitrogens with zero attached hydrogens (tertiary/aromatic N) is 2. The molecule has 0 atom stereocenters. The molecule has 90 valence electrons. The van der Waals surface area contributed by atoms with Gasteiger partial charge in [-0.3, -0.25) is 4.79 Å². The molecular weight excluding hydrogens is 219 g/mol. The lowest BCUT2D eigenvalue weighted by Crippen LogP contribution is -2.37. The Hall–Kier alpha value is -1.89. The summed E-state index contributed by atoms with van der Waals surface area (Å²) in [4.78, 5) is 13.3. The van der Waals surface area contributed by atoms with Crippen LogP contribution in [0.5, 0.6) is 0 Å². The third-order valence-corrected chi connectivity index (χ3v) is 2.53. The Morgan fingerprint density at radius 1 is 1.47 bits per heavy atom. The molecule has 1 aromatic carbocycles. The number of carbonyl (C=O) groups excluding carboxylic acids is 1. The maximum Gasteiger partial charge on any atom is 0.242 e. The van der Waals surface area contributed by atoms with Crippen LogP contribution in [0.1, 0.15) is 19.4 Å². The molecule has 4 heteroatoms. The van der Waals surface area contributed by atoms with Gasteiger partial charge in [-0.1, -0.05) is 18.2 Å². The van der Waals surface area contributed by atoms with E-state index in [0.717, 1.165) is 0 Å². The lowest BCUT2D eigenvalue weighted by molar-refractivity contribution is -0.136. The number of halogens is 1. The Morgan fingerprint density at radius 2 is 2.06 bits per heavy atom. The molecule has 1 amide bonds. The van der Waals surface area contributed by atoms with Gasteiger partial charge in [0.1, 0.15) is 11.2 Å². The number of benzene rings is 1. The summed E-state index contributed by atoms with van der Waals surface area (Å²) < 4.78 is 13.4. The van der Waals surface area contributed by atoms with E-state index in [4.69, 9.17) is 5.26 Å². The quantitative estimate of drug-likeness (QED) is 0.805. The van der Waals surface area contributed by atoms with Crippen molar-refractivity contribution in [3.05, 3.63) is 35.6 Å². The van der Waals surface area contributed by atoms with Crippen LogP contribution in [0.15, 0.2) is 24.3 Å². The van der Waals surface area contributed by atoms with Gasteiger partial charge in [-0.05, 0) is 19.9 Å². The Bertz CT molecular complexity index is 463. The number of hydrogen-bond acceptors (Lipinski definition) is 2. The van der Waals surface area contributed by atoms with E-state index in [1.54, 1.807) is 39.1 Å². The maximum absolute atomic E-state index is 13.4. The van der Waals surface area contributed by atoms with Gasteiger partial charge >= 0.3 is 0 Å². The molecule has 3 nitrogen and oxygen atoms in total. The van der Waals surface area contributed by atoms with Gasteiger partial charge in [0, 0.05) is 19.2 Å². The number of nitriles is 1. The van der Waals surface area contributed by atoms with E-state index in [2.05, 4.69) is 0 Å². The molecule has 0 N–H and O–H groups in total. The van der Waals surface area contributed by atoms with E-state index in [9.17, 15) is 9.18 Å². The van der Waals surface area contributed by atoms with Gasteiger partial charge in [-0.2, -0.15) is 5.26 Å². The molecule has 0 spiro atoms. The largest absolute Gasteiger partial charge is 0.340 e. The SMILES string of the molecule is CN(Cc1ccccc1F)C(=O)C(C)(C)C#N. The monoisotopic (exact) mass is 234 g/mol. The Kier molecular flexibility index (Phi) is 3.84. The highest BCUT2D eigenvalue weighted by molar-refractivity contribution is 5.84. The fraction of sp³-hybridized carbons (Fsp3) is 0.385. The van der Waals surface area contributed by atoms with E-state index in [-0.39, 0.29) is 18.3 Å². The predicted molar refractivity (Wildman–Crippen MR) is 62.3 cm³/mol. The van der Waals surface area contributed by atoms with Gasteiger partial charge in [0.2, 0.25) is 5.91 Å². The Labute approximate surface area is 100 Å². The van der Waals surface area contributed by atoms with Crippen molar-refractivity contribution in [1.82, 2.24) is 4.90 Å². The molecule has 0 unspecified atom stereocenters. The van der Waals surface area contributed by atoms with Crippen LogP contribution in [0.25, 0.3) is 0 Å². The molecule has 0 aliphatic carbocycles. The van der Waals surface area contributed by atoms with E-state index in [0.29, 0.717) is 5.56 Å².